The van der Waals surface area contributed by atoms with E-state index in [-0.39, 0.29) is 17.1 Å². The number of nitro benzene ring substituents is 1. The topological polar surface area (TPSA) is 64.4 Å². The SMILES string of the molecule is COc1cc(NC(C)CC(F)(F)F)cc([N+](=O)[O-])c1. The second-order valence-electron chi connectivity index (χ2n) is 4.04. The Labute approximate surface area is 107 Å². The molecule has 106 valence electrons. The van der Waals surface area contributed by atoms with E-state index in [0.717, 1.165) is 6.07 Å². The van der Waals surface area contributed by atoms with Gasteiger partial charge in [-0.1, -0.05) is 0 Å². The van der Waals surface area contributed by atoms with Crippen molar-refractivity contribution in [1.29, 1.82) is 0 Å². The third-order valence-corrected chi connectivity index (χ3v) is 2.29. The molecular formula is C11H13F3N2O3. The van der Waals surface area contributed by atoms with Crippen LogP contribution in [0.3, 0.4) is 0 Å². The zero-order valence-corrected chi connectivity index (χ0v) is 10.3. The first-order valence-electron chi connectivity index (χ1n) is 5.38. The van der Waals surface area contributed by atoms with Gasteiger partial charge in [-0.25, -0.2) is 0 Å². The van der Waals surface area contributed by atoms with Crippen molar-refractivity contribution in [2.75, 3.05) is 12.4 Å². The molecule has 1 atom stereocenters. The second-order valence-corrected chi connectivity index (χ2v) is 4.04. The monoisotopic (exact) mass is 278 g/mol. The minimum absolute atomic E-state index is 0.205. The van der Waals surface area contributed by atoms with Crippen molar-refractivity contribution in [1.82, 2.24) is 0 Å². The Kier molecular flexibility index (Phi) is 4.57. The number of methoxy groups -OCH3 is 1. The number of nitrogens with zero attached hydrogens (tertiary/aromatic N) is 1. The van der Waals surface area contributed by atoms with Crippen molar-refractivity contribution in [3.63, 3.8) is 0 Å². The number of non-ortho nitro benzene ring substituents is 1. The maximum atomic E-state index is 12.2. The van der Waals surface area contributed by atoms with E-state index in [2.05, 4.69) is 5.32 Å². The van der Waals surface area contributed by atoms with Crippen molar-refractivity contribution in [2.45, 2.75) is 25.6 Å². The number of benzene rings is 1. The van der Waals surface area contributed by atoms with Crippen LogP contribution in [0.15, 0.2) is 18.2 Å². The van der Waals surface area contributed by atoms with Gasteiger partial charge in [-0.05, 0) is 6.92 Å². The molecule has 1 aromatic carbocycles. The molecule has 0 aliphatic heterocycles. The van der Waals surface area contributed by atoms with Gasteiger partial charge in [0.05, 0.1) is 24.5 Å². The maximum Gasteiger partial charge on any atom is 0.391 e. The quantitative estimate of drug-likeness (QED) is 0.662. The first-order valence-corrected chi connectivity index (χ1v) is 5.38. The zero-order valence-electron chi connectivity index (χ0n) is 10.3. The van der Waals surface area contributed by atoms with Gasteiger partial charge in [0.15, 0.2) is 0 Å². The molecule has 0 aliphatic carbocycles. The standard InChI is InChI=1S/C11H13F3N2O3/c1-7(6-11(12,13)14)15-8-3-9(16(17)18)5-10(4-8)19-2/h3-5,7,15H,6H2,1-2H3. The lowest BCUT2D eigenvalue weighted by Crippen LogP contribution is -2.23. The van der Waals surface area contributed by atoms with Crippen LogP contribution in [-0.2, 0) is 0 Å². The Morgan fingerprint density at radius 1 is 1.42 bits per heavy atom. The fraction of sp³-hybridized carbons (Fsp3) is 0.455. The first kappa shape index (κ1) is 15.1. The highest BCUT2D eigenvalue weighted by Crippen LogP contribution is 2.28. The lowest BCUT2D eigenvalue weighted by molar-refractivity contribution is -0.384. The van der Waals surface area contributed by atoms with Gasteiger partial charge in [0.1, 0.15) is 5.75 Å². The molecule has 0 aliphatic rings. The van der Waals surface area contributed by atoms with Gasteiger partial charge in [0.2, 0.25) is 0 Å². The van der Waals surface area contributed by atoms with E-state index >= 15 is 0 Å². The molecule has 0 radical (unpaired) electrons. The highest BCUT2D eigenvalue weighted by atomic mass is 19.4. The normalized spacial score (nSPS) is 12.9. The number of nitrogens with one attached hydrogen (secondary N) is 1. The molecule has 5 nitrogen and oxygen atoms in total. The average Bonchev–Trinajstić information content (AvgIpc) is 2.25. The molecule has 0 saturated heterocycles. The molecular weight excluding hydrogens is 265 g/mol. The summed E-state index contributed by atoms with van der Waals surface area (Å²) in [4.78, 5) is 10.0. The van der Waals surface area contributed by atoms with E-state index in [9.17, 15) is 23.3 Å². The van der Waals surface area contributed by atoms with Crippen molar-refractivity contribution in [3.8, 4) is 5.75 Å². The smallest absolute Gasteiger partial charge is 0.391 e. The highest BCUT2D eigenvalue weighted by Gasteiger charge is 2.30. The number of hydrogen-bond donors (Lipinski definition) is 1. The number of hydrogen-bond acceptors (Lipinski definition) is 4. The van der Waals surface area contributed by atoms with Gasteiger partial charge in [-0.2, -0.15) is 13.2 Å². The van der Waals surface area contributed by atoms with Crippen LogP contribution in [0.2, 0.25) is 0 Å². The molecule has 0 fully saturated rings. The van der Waals surface area contributed by atoms with Crippen LogP contribution >= 0.6 is 0 Å². The van der Waals surface area contributed by atoms with Crippen LogP contribution < -0.4 is 10.1 Å². The molecule has 0 amide bonds. The summed E-state index contributed by atoms with van der Waals surface area (Å²) in [6, 6.07) is 2.86. The van der Waals surface area contributed by atoms with Crippen molar-refractivity contribution in [3.05, 3.63) is 28.3 Å². The second kappa shape index (κ2) is 5.77. The Morgan fingerprint density at radius 3 is 2.53 bits per heavy atom. The van der Waals surface area contributed by atoms with Crippen molar-refractivity contribution in [2.24, 2.45) is 0 Å². The Bertz CT molecular complexity index is 463. The molecule has 1 N–H and O–H groups in total. The summed E-state index contributed by atoms with van der Waals surface area (Å²) >= 11 is 0. The summed E-state index contributed by atoms with van der Waals surface area (Å²) in [5.41, 5.74) is -0.0381. The van der Waals surface area contributed by atoms with Crippen LogP contribution in [0.1, 0.15) is 13.3 Å². The molecule has 8 heteroatoms. The summed E-state index contributed by atoms with van der Waals surface area (Å²) in [6.45, 7) is 1.35. The summed E-state index contributed by atoms with van der Waals surface area (Å²) < 4.78 is 41.4. The summed E-state index contributed by atoms with van der Waals surface area (Å²) in [7, 11) is 1.32. The summed E-state index contributed by atoms with van der Waals surface area (Å²) in [6.07, 6.45) is -5.32. The van der Waals surface area contributed by atoms with Gasteiger partial charge in [0.25, 0.3) is 5.69 Å². The van der Waals surface area contributed by atoms with Crippen LogP contribution in [0.25, 0.3) is 0 Å². The number of ether oxygens (including phenoxy) is 1. The number of alkyl halides is 3. The molecule has 1 aromatic rings. The van der Waals surface area contributed by atoms with Gasteiger partial charge in [-0.3, -0.25) is 10.1 Å². The van der Waals surface area contributed by atoms with E-state index in [1.807, 2.05) is 0 Å². The maximum absolute atomic E-state index is 12.2. The van der Waals surface area contributed by atoms with Crippen LogP contribution in [0.5, 0.6) is 5.75 Å². The average molecular weight is 278 g/mol. The van der Waals surface area contributed by atoms with Crippen molar-refractivity contribution < 1.29 is 22.8 Å². The third kappa shape index (κ3) is 5.02. The molecule has 0 aromatic heterocycles. The van der Waals surface area contributed by atoms with Gasteiger partial charge in [-0.15, -0.1) is 0 Å². The summed E-state index contributed by atoms with van der Waals surface area (Å²) in [5, 5.41) is 13.2. The molecule has 0 saturated carbocycles. The van der Waals surface area contributed by atoms with E-state index in [1.165, 1.54) is 26.2 Å². The predicted molar refractivity (Wildman–Crippen MR) is 63.4 cm³/mol. The lowest BCUT2D eigenvalue weighted by Gasteiger charge is -2.17. The van der Waals surface area contributed by atoms with Crippen LogP contribution in [0, 0.1) is 10.1 Å². The molecule has 0 bridgehead atoms. The molecule has 1 rings (SSSR count). The Hall–Kier alpha value is -1.99. The number of anilines is 1. The minimum Gasteiger partial charge on any atom is -0.496 e. The van der Waals surface area contributed by atoms with E-state index < -0.39 is 23.6 Å². The Balaban J connectivity index is 2.88. The number of halogens is 3. The van der Waals surface area contributed by atoms with E-state index in [4.69, 9.17) is 4.74 Å². The minimum atomic E-state index is -4.29. The highest BCUT2D eigenvalue weighted by molar-refractivity contribution is 5.56. The molecule has 0 heterocycles. The largest absolute Gasteiger partial charge is 0.496 e. The number of nitro groups is 1. The molecule has 1 unspecified atom stereocenters. The van der Waals surface area contributed by atoms with Crippen molar-refractivity contribution >= 4 is 11.4 Å². The van der Waals surface area contributed by atoms with E-state index in [1.54, 1.807) is 0 Å². The predicted octanol–water partition coefficient (Wildman–Crippen LogP) is 3.36. The van der Waals surface area contributed by atoms with Gasteiger partial charge >= 0.3 is 6.18 Å². The van der Waals surface area contributed by atoms with Crippen LogP contribution in [0.4, 0.5) is 24.5 Å². The first-order chi connectivity index (χ1) is 8.71. The van der Waals surface area contributed by atoms with Gasteiger partial charge < -0.3 is 10.1 Å². The van der Waals surface area contributed by atoms with E-state index in [0.29, 0.717) is 0 Å². The molecule has 19 heavy (non-hydrogen) atoms. The number of rotatable bonds is 5. The molecule has 0 spiro atoms. The third-order valence-electron chi connectivity index (χ3n) is 2.29. The Morgan fingerprint density at radius 2 is 2.05 bits per heavy atom. The van der Waals surface area contributed by atoms with Crippen LogP contribution in [-0.4, -0.2) is 24.3 Å². The fourth-order valence-electron chi connectivity index (χ4n) is 1.57. The summed E-state index contributed by atoms with van der Waals surface area (Å²) in [5.74, 6) is 0.205. The van der Waals surface area contributed by atoms with Gasteiger partial charge in [0, 0.05) is 23.9 Å². The zero-order chi connectivity index (χ0) is 14.6. The lowest BCUT2D eigenvalue weighted by atomic mass is 10.2. The fourth-order valence-corrected chi connectivity index (χ4v) is 1.57.